The summed E-state index contributed by atoms with van der Waals surface area (Å²) in [4.78, 5) is 21.2. The summed E-state index contributed by atoms with van der Waals surface area (Å²) in [5.74, 6) is -0.830. The maximum absolute atomic E-state index is 11.8. The van der Waals surface area contributed by atoms with Gasteiger partial charge in [0, 0.05) is 40.6 Å². The van der Waals surface area contributed by atoms with Crippen molar-refractivity contribution in [3.63, 3.8) is 0 Å². The Balaban J connectivity index is 1.59. The van der Waals surface area contributed by atoms with Gasteiger partial charge in [0.1, 0.15) is 0 Å². The Morgan fingerprint density at radius 1 is 1.13 bits per heavy atom. The van der Waals surface area contributed by atoms with E-state index < -0.39 is 5.97 Å². The van der Waals surface area contributed by atoms with Gasteiger partial charge in [-0.3, -0.25) is 19.4 Å². The molecule has 0 aliphatic heterocycles. The number of rotatable bonds is 7. The summed E-state index contributed by atoms with van der Waals surface area (Å²) in [5, 5.41) is 15.2. The Hall–Kier alpha value is -4.06. The number of fused-ring (bicyclic) bond motifs is 1. The molecule has 0 radical (unpaired) electrons. The number of benzene rings is 1. The number of aliphatic carboxylic acids is 1. The van der Waals surface area contributed by atoms with E-state index in [1.54, 1.807) is 0 Å². The molecule has 38 heavy (non-hydrogen) atoms. The van der Waals surface area contributed by atoms with Crippen LogP contribution < -0.4 is 0 Å². The summed E-state index contributed by atoms with van der Waals surface area (Å²) in [6.07, 6.45) is 12.5. The molecule has 0 atom stereocenters. The molecule has 194 valence electrons. The lowest BCUT2D eigenvalue weighted by atomic mass is 9.85. The minimum Gasteiger partial charge on any atom is -0.481 e. The quantitative estimate of drug-likeness (QED) is 0.285. The van der Waals surface area contributed by atoms with Crippen molar-refractivity contribution >= 4 is 34.1 Å². The highest BCUT2D eigenvalue weighted by Gasteiger charge is 2.21. The summed E-state index contributed by atoms with van der Waals surface area (Å²) in [6.45, 7) is 8.97. The van der Waals surface area contributed by atoms with Gasteiger partial charge in [-0.2, -0.15) is 5.10 Å². The Bertz CT molecular complexity index is 1590. The molecule has 1 aliphatic carbocycles. The summed E-state index contributed by atoms with van der Waals surface area (Å²) >= 11 is 0. The van der Waals surface area contributed by atoms with Gasteiger partial charge >= 0.3 is 5.97 Å². The molecular formula is C32H34N4O2. The maximum Gasteiger partial charge on any atom is 0.307 e. The van der Waals surface area contributed by atoms with Crippen LogP contribution in [0.5, 0.6) is 0 Å². The van der Waals surface area contributed by atoms with E-state index >= 15 is 0 Å². The number of carboxylic acids is 1. The minimum absolute atomic E-state index is 0.0256. The summed E-state index contributed by atoms with van der Waals surface area (Å²) in [7, 11) is 0. The van der Waals surface area contributed by atoms with Gasteiger partial charge in [0.15, 0.2) is 0 Å². The van der Waals surface area contributed by atoms with Crippen molar-refractivity contribution < 1.29 is 9.90 Å². The standard InChI is InChI=1S/C32H34N4O2/c1-5-36-30-12-11-25(16-26(30)19-34-36)29-17-24(13-14-33-29)20(2)15-27-21(3)35-22(4)28(18-31(37)38)32(27)23-9-7-6-8-10-23/h9,11-17,19H,5-8,10,18H2,1-4H3,(H,37,38)/b20-15+. The lowest BCUT2D eigenvalue weighted by Gasteiger charge is -2.22. The van der Waals surface area contributed by atoms with Crippen molar-refractivity contribution in [2.45, 2.75) is 66.3 Å². The Kier molecular flexibility index (Phi) is 7.23. The Morgan fingerprint density at radius 3 is 2.71 bits per heavy atom. The van der Waals surface area contributed by atoms with E-state index in [2.05, 4.69) is 60.3 Å². The zero-order chi connectivity index (χ0) is 26.8. The van der Waals surface area contributed by atoms with E-state index in [9.17, 15) is 9.90 Å². The lowest BCUT2D eigenvalue weighted by Crippen LogP contribution is -2.11. The smallest absolute Gasteiger partial charge is 0.307 e. The molecule has 0 amide bonds. The highest BCUT2D eigenvalue weighted by atomic mass is 16.4. The van der Waals surface area contributed by atoms with Gasteiger partial charge in [0.25, 0.3) is 0 Å². The zero-order valence-electron chi connectivity index (χ0n) is 22.6. The highest BCUT2D eigenvalue weighted by molar-refractivity contribution is 5.89. The number of allylic oxidation sites excluding steroid dienone is 3. The molecule has 0 saturated carbocycles. The number of pyridine rings is 2. The van der Waals surface area contributed by atoms with E-state index in [0.29, 0.717) is 0 Å². The van der Waals surface area contributed by atoms with Gasteiger partial charge in [0.05, 0.1) is 23.8 Å². The van der Waals surface area contributed by atoms with Crippen molar-refractivity contribution in [2.75, 3.05) is 0 Å². The number of nitrogens with zero attached hydrogens (tertiary/aromatic N) is 4. The predicted octanol–water partition coefficient (Wildman–Crippen LogP) is 7.28. The first-order chi connectivity index (χ1) is 18.4. The molecule has 5 rings (SSSR count). The van der Waals surface area contributed by atoms with Crippen molar-refractivity contribution in [2.24, 2.45) is 0 Å². The average molecular weight is 507 g/mol. The SMILES string of the molecule is CCn1ncc2cc(-c3cc(/C(C)=C/c4c(C)nc(C)c(CC(=O)O)c4C4=CCCCC4)ccn3)ccc21. The third-order valence-electron chi connectivity index (χ3n) is 7.49. The number of aryl methyl sites for hydroxylation is 3. The number of hydrogen-bond acceptors (Lipinski definition) is 4. The maximum atomic E-state index is 11.8. The molecule has 0 saturated heterocycles. The van der Waals surface area contributed by atoms with Crippen LogP contribution in [0.4, 0.5) is 0 Å². The summed E-state index contributed by atoms with van der Waals surface area (Å²) in [6, 6.07) is 10.5. The van der Waals surface area contributed by atoms with Crippen molar-refractivity contribution in [3.8, 4) is 11.3 Å². The number of hydrogen-bond donors (Lipinski definition) is 1. The fraction of sp³-hybridized carbons (Fsp3) is 0.312. The highest BCUT2D eigenvalue weighted by Crippen LogP contribution is 2.36. The molecule has 0 fully saturated rings. The van der Waals surface area contributed by atoms with E-state index in [1.165, 1.54) is 12.0 Å². The van der Waals surface area contributed by atoms with Crippen LogP contribution in [0.25, 0.3) is 39.4 Å². The third-order valence-corrected chi connectivity index (χ3v) is 7.49. The number of carbonyl (C=O) groups is 1. The molecule has 3 heterocycles. The van der Waals surface area contributed by atoms with E-state index in [0.717, 1.165) is 87.2 Å². The monoisotopic (exact) mass is 506 g/mol. The molecule has 1 N–H and O–H groups in total. The number of aromatic nitrogens is 4. The number of carboxylic acid groups (broad SMARTS) is 1. The van der Waals surface area contributed by atoms with E-state index in [4.69, 9.17) is 4.98 Å². The van der Waals surface area contributed by atoms with Gasteiger partial charge in [0.2, 0.25) is 0 Å². The molecule has 3 aromatic heterocycles. The Morgan fingerprint density at radius 2 is 1.97 bits per heavy atom. The molecule has 6 nitrogen and oxygen atoms in total. The molecule has 0 spiro atoms. The van der Waals surface area contributed by atoms with Crippen LogP contribution in [0.3, 0.4) is 0 Å². The first-order valence-corrected chi connectivity index (χ1v) is 13.4. The Labute approximate surface area is 223 Å². The third kappa shape index (κ3) is 5.03. The predicted molar refractivity (Wildman–Crippen MR) is 154 cm³/mol. The lowest BCUT2D eigenvalue weighted by molar-refractivity contribution is -0.136. The van der Waals surface area contributed by atoms with Crippen LogP contribution in [0.2, 0.25) is 0 Å². The molecule has 0 bridgehead atoms. The van der Waals surface area contributed by atoms with Crippen LogP contribution >= 0.6 is 0 Å². The first kappa shape index (κ1) is 25.6. The van der Waals surface area contributed by atoms with Crippen molar-refractivity contribution in [1.82, 2.24) is 19.7 Å². The fourth-order valence-electron chi connectivity index (χ4n) is 5.51. The van der Waals surface area contributed by atoms with Gasteiger partial charge in [-0.15, -0.1) is 0 Å². The fourth-order valence-corrected chi connectivity index (χ4v) is 5.51. The molecule has 4 aromatic rings. The van der Waals surface area contributed by atoms with Crippen LogP contribution in [0, 0.1) is 13.8 Å². The van der Waals surface area contributed by atoms with Crippen molar-refractivity contribution in [3.05, 3.63) is 82.4 Å². The van der Waals surface area contributed by atoms with E-state index in [-0.39, 0.29) is 6.42 Å². The van der Waals surface area contributed by atoms with Crippen LogP contribution in [-0.2, 0) is 17.8 Å². The van der Waals surface area contributed by atoms with E-state index in [1.807, 2.05) is 37.0 Å². The molecule has 1 aromatic carbocycles. The molecular weight excluding hydrogens is 472 g/mol. The van der Waals surface area contributed by atoms with Crippen LogP contribution in [0.15, 0.2) is 48.8 Å². The normalized spacial score (nSPS) is 14.1. The topological polar surface area (TPSA) is 80.9 Å². The first-order valence-electron chi connectivity index (χ1n) is 13.4. The minimum atomic E-state index is -0.830. The summed E-state index contributed by atoms with van der Waals surface area (Å²) < 4.78 is 1.99. The van der Waals surface area contributed by atoms with Gasteiger partial charge in [-0.05, 0) is 112 Å². The zero-order valence-corrected chi connectivity index (χ0v) is 22.6. The van der Waals surface area contributed by atoms with Crippen LogP contribution in [0.1, 0.15) is 73.2 Å². The van der Waals surface area contributed by atoms with Gasteiger partial charge < -0.3 is 5.11 Å². The van der Waals surface area contributed by atoms with Crippen molar-refractivity contribution in [1.29, 1.82) is 0 Å². The average Bonchev–Trinajstić information content (AvgIpc) is 3.34. The second kappa shape index (κ2) is 10.7. The molecule has 1 aliphatic rings. The second-order valence-electron chi connectivity index (χ2n) is 10.1. The van der Waals surface area contributed by atoms with Gasteiger partial charge in [-0.25, -0.2) is 0 Å². The molecule has 0 unspecified atom stereocenters. The summed E-state index contributed by atoms with van der Waals surface area (Å²) in [5.41, 5.74) is 11.1. The van der Waals surface area contributed by atoms with Gasteiger partial charge in [-0.1, -0.05) is 12.1 Å². The van der Waals surface area contributed by atoms with Crippen LogP contribution in [-0.4, -0.2) is 30.8 Å². The molecule has 6 heteroatoms. The largest absolute Gasteiger partial charge is 0.481 e. The second-order valence-corrected chi connectivity index (χ2v) is 10.1.